The lowest BCUT2D eigenvalue weighted by atomic mass is 10.1. The summed E-state index contributed by atoms with van der Waals surface area (Å²) in [5.41, 5.74) is 0.561. The number of nitrogens with zero attached hydrogens (tertiary/aromatic N) is 3. The smallest absolute Gasteiger partial charge is 0.240 e. The van der Waals surface area contributed by atoms with Gasteiger partial charge in [-0.1, -0.05) is 12.1 Å². The van der Waals surface area contributed by atoms with E-state index in [1.54, 1.807) is 37.0 Å². The van der Waals surface area contributed by atoms with Gasteiger partial charge in [0.2, 0.25) is 10.0 Å². The monoisotopic (exact) mass is 310 g/mol. The van der Waals surface area contributed by atoms with E-state index in [0.717, 1.165) is 0 Å². The Morgan fingerprint density at radius 2 is 2.19 bits per heavy atom. The molecule has 0 bridgehead atoms. The zero-order valence-electron chi connectivity index (χ0n) is 11.9. The SMILES string of the molecule is CC(O)c1cccc(S(=O)(=O)NCCc2nncn2C)c1. The molecule has 2 N–H and O–H groups in total. The number of hydrogen-bond donors (Lipinski definition) is 2. The van der Waals surface area contributed by atoms with Crippen molar-refractivity contribution < 1.29 is 13.5 Å². The molecule has 0 radical (unpaired) electrons. The van der Waals surface area contributed by atoms with Crippen molar-refractivity contribution in [3.05, 3.63) is 42.0 Å². The van der Waals surface area contributed by atoms with Gasteiger partial charge in [-0.25, -0.2) is 13.1 Å². The zero-order chi connectivity index (χ0) is 15.5. The van der Waals surface area contributed by atoms with Crippen molar-refractivity contribution in [3.8, 4) is 0 Å². The van der Waals surface area contributed by atoms with E-state index in [-0.39, 0.29) is 11.4 Å². The van der Waals surface area contributed by atoms with Gasteiger partial charge in [-0.3, -0.25) is 0 Å². The van der Waals surface area contributed by atoms with Gasteiger partial charge in [0.05, 0.1) is 11.0 Å². The molecule has 0 spiro atoms. The van der Waals surface area contributed by atoms with Crippen LogP contribution in [0, 0.1) is 0 Å². The van der Waals surface area contributed by atoms with Crippen molar-refractivity contribution in [1.29, 1.82) is 0 Å². The summed E-state index contributed by atoms with van der Waals surface area (Å²) in [7, 11) is -1.80. The number of nitrogens with one attached hydrogen (secondary N) is 1. The fourth-order valence-corrected chi connectivity index (χ4v) is 2.94. The van der Waals surface area contributed by atoms with E-state index in [9.17, 15) is 13.5 Å². The molecule has 1 aromatic carbocycles. The topological polar surface area (TPSA) is 97.1 Å². The van der Waals surface area contributed by atoms with Crippen molar-refractivity contribution in [2.24, 2.45) is 7.05 Å². The van der Waals surface area contributed by atoms with Crippen LogP contribution >= 0.6 is 0 Å². The standard InChI is InChI=1S/C13H18N4O3S/c1-10(18)11-4-3-5-12(8-11)21(19,20)15-7-6-13-16-14-9-17(13)2/h3-5,8-10,15,18H,6-7H2,1-2H3. The molecule has 0 amide bonds. The number of aromatic nitrogens is 3. The molecule has 1 heterocycles. The number of rotatable bonds is 6. The van der Waals surface area contributed by atoms with Gasteiger partial charge in [-0.2, -0.15) is 0 Å². The highest BCUT2D eigenvalue weighted by molar-refractivity contribution is 7.89. The van der Waals surface area contributed by atoms with Crippen LogP contribution in [0.5, 0.6) is 0 Å². The van der Waals surface area contributed by atoms with E-state index in [1.807, 2.05) is 0 Å². The molecule has 1 atom stereocenters. The highest BCUT2D eigenvalue weighted by Gasteiger charge is 2.15. The second-order valence-corrected chi connectivity index (χ2v) is 6.52. The highest BCUT2D eigenvalue weighted by Crippen LogP contribution is 2.17. The third kappa shape index (κ3) is 3.87. The van der Waals surface area contributed by atoms with Crippen LogP contribution in [0.25, 0.3) is 0 Å². The number of sulfonamides is 1. The van der Waals surface area contributed by atoms with Gasteiger partial charge in [0.15, 0.2) is 0 Å². The third-order valence-corrected chi connectivity index (χ3v) is 4.56. The van der Waals surface area contributed by atoms with E-state index >= 15 is 0 Å². The molecular formula is C13H18N4O3S. The average Bonchev–Trinajstić information content (AvgIpc) is 2.84. The molecule has 0 aliphatic heterocycles. The Balaban J connectivity index is 2.05. The van der Waals surface area contributed by atoms with Crippen molar-refractivity contribution in [1.82, 2.24) is 19.5 Å². The van der Waals surface area contributed by atoms with Gasteiger partial charge in [0.1, 0.15) is 12.2 Å². The van der Waals surface area contributed by atoms with Crippen molar-refractivity contribution >= 4 is 10.0 Å². The molecule has 0 aliphatic carbocycles. The van der Waals surface area contributed by atoms with Gasteiger partial charge in [0, 0.05) is 20.0 Å². The maximum absolute atomic E-state index is 12.2. The van der Waals surface area contributed by atoms with Gasteiger partial charge < -0.3 is 9.67 Å². The predicted molar refractivity (Wildman–Crippen MR) is 77.0 cm³/mol. The summed E-state index contributed by atoms with van der Waals surface area (Å²) in [4.78, 5) is 0.138. The summed E-state index contributed by atoms with van der Waals surface area (Å²) in [6, 6.07) is 6.26. The molecule has 2 aromatic rings. The van der Waals surface area contributed by atoms with Crippen LogP contribution in [-0.4, -0.2) is 34.8 Å². The molecule has 0 saturated carbocycles. The first-order valence-electron chi connectivity index (χ1n) is 6.51. The number of aryl methyl sites for hydroxylation is 1. The largest absolute Gasteiger partial charge is 0.389 e. The minimum atomic E-state index is -3.60. The minimum absolute atomic E-state index is 0.138. The summed E-state index contributed by atoms with van der Waals surface area (Å²) < 4.78 is 28.6. The Labute approximate surface area is 123 Å². The van der Waals surface area contributed by atoms with Crippen molar-refractivity contribution in [2.75, 3.05) is 6.54 Å². The Bertz CT molecular complexity index is 710. The number of aliphatic hydroxyl groups is 1. The number of aliphatic hydroxyl groups excluding tert-OH is 1. The summed E-state index contributed by atoms with van der Waals surface area (Å²) in [6.45, 7) is 1.82. The van der Waals surface area contributed by atoms with Gasteiger partial charge >= 0.3 is 0 Å². The van der Waals surface area contributed by atoms with Crippen LogP contribution in [0.15, 0.2) is 35.5 Å². The fourth-order valence-electron chi connectivity index (χ4n) is 1.86. The highest BCUT2D eigenvalue weighted by atomic mass is 32.2. The molecule has 0 fully saturated rings. The Kier molecular flexibility index (Phi) is 4.71. The van der Waals surface area contributed by atoms with Crippen molar-refractivity contribution in [3.63, 3.8) is 0 Å². The van der Waals surface area contributed by atoms with Gasteiger partial charge in [-0.15, -0.1) is 10.2 Å². The van der Waals surface area contributed by atoms with Crippen LogP contribution in [-0.2, 0) is 23.5 Å². The van der Waals surface area contributed by atoms with Crippen molar-refractivity contribution in [2.45, 2.75) is 24.3 Å². The molecule has 1 unspecified atom stereocenters. The molecule has 8 heteroatoms. The molecular weight excluding hydrogens is 292 g/mol. The first kappa shape index (κ1) is 15.6. The third-order valence-electron chi connectivity index (χ3n) is 3.10. The molecule has 0 aliphatic rings. The maximum atomic E-state index is 12.2. The second kappa shape index (κ2) is 6.33. The molecule has 21 heavy (non-hydrogen) atoms. The predicted octanol–water partition coefficient (Wildman–Crippen LogP) is 0.389. The number of hydrogen-bond acceptors (Lipinski definition) is 5. The molecule has 114 valence electrons. The van der Waals surface area contributed by atoms with Gasteiger partial charge in [-0.05, 0) is 24.6 Å². The number of benzene rings is 1. The van der Waals surface area contributed by atoms with E-state index in [1.165, 1.54) is 12.1 Å². The Morgan fingerprint density at radius 3 is 2.81 bits per heavy atom. The minimum Gasteiger partial charge on any atom is -0.389 e. The van der Waals surface area contributed by atoms with Crippen LogP contribution in [0.3, 0.4) is 0 Å². The summed E-state index contributed by atoms with van der Waals surface area (Å²) in [5, 5.41) is 17.1. The summed E-state index contributed by atoms with van der Waals surface area (Å²) in [5.74, 6) is 0.704. The fraction of sp³-hybridized carbons (Fsp3) is 0.385. The Morgan fingerprint density at radius 1 is 1.43 bits per heavy atom. The van der Waals surface area contributed by atoms with E-state index < -0.39 is 16.1 Å². The van der Waals surface area contributed by atoms with E-state index in [4.69, 9.17) is 0 Å². The van der Waals surface area contributed by atoms with Crippen LogP contribution < -0.4 is 4.72 Å². The van der Waals surface area contributed by atoms with Crippen LogP contribution in [0.1, 0.15) is 24.4 Å². The second-order valence-electron chi connectivity index (χ2n) is 4.75. The zero-order valence-corrected chi connectivity index (χ0v) is 12.7. The first-order chi connectivity index (χ1) is 9.90. The normalized spacial score (nSPS) is 13.3. The lowest BCUT2D eigenvalue weighted by molar-refractivity contribution is 0.199. The summed E-state index contributed by atoms with van der Waals surface area (Å²) in [6.07, 6.45) is 1.31. The van der Waals surface area contributed by atoms with Gasteiger partial charge in [0.25, 0.3) is 0 Å². The van der Waals surface area contributed by atoms with E-state index in [2.05, 4.69) is 14.9 Å². The molecule has 0 saturated heterocycles. The molecule has 7 nitrogen and oxygen atoms in total. The lowest BCUT2D eigenvalue weighted by Gasteiger charge is -2.09. The first-order valence-corrected chi connectivity index (χ1v) is 7.99. The van der Waals surface area contributed by atoms with Crippen LogP contribution in [0.2, 0.25) is 0 Å². The quantitative estimate of drug-likeness (QED) is 0.804. The molecule has 1 aromatic heterocycles. The van der Waals surface area contributed by atoms with E-state index in [0.29, 0.717) is 17.8 Å². The summed E-state index contributed by atoms with van der Waals surface area (Å²) >= 11 is 0. The maximum Gasteiger partial charge on any atom is 0.240 e. The average molecular weight is 310 g/mol. The Hall–Kier alpha value is -1.77. The van der Waals surface area contributed by atoms with Crippen LogP contribution in [0.4, 0.5) is 0 Å². The molecule has 2 rings (SSSR count). The lowest BCUT2D eigenvalue weighted by Crippen LogP contribution is -2.26.